The maximum Gasteiger partial charge on any atom is 0.227 e. The molecule has 162 valence electrons. The van der Waals surface area contributed by atoms with Crippen molar-refractivity contribution in [1.82, 2.24) is 24.6 Å². The van der Waals surface area contributed by atoms with Gasteiger partial charge >= 0.3 is 0 Å². The summed E-state index contributed by atoms with van der Waals surface area (Å²) in [5.74, 6) is 0.906. The smallest absolute Gasteiger partial charge is 0.227 e. The summed E-state index contributed by atoms with van der Waals surface area (Å²) >= 11 is 0. The topological polar surface area (TPSA) is 63.5 Å². The third-order valence-electron chi connectivity index (χ3n) is 5.89. The molecular formula is C24H29N5O2. The van der Waals surface area contributed by atoms with E-state index in [-0.39, 0.29) is 17.9 Å². The Morgan fingerprint density at radius 1 is 1.00 bits per heavy atom. The molecule has 1 aromatic heterocycles. The fourth-order valence-electron chi connectivity index (χ4n) is 4.23. The van der Waals surface area contributed by atoms with Crippen LogP contribution in [0.2, 0.25) is 0 Å². The largest absolute Gasteiger partial charge is 0.497 e. The lowest BCUT2D eigenvalue weighted by molar-refractivity contribution is -0.137. The molecule has 2 heterocycles. The number of carbonyl (C=O) groups excluding carboxylic acids is 1. The van der Waals surface area contributed by atoms with E-state index in [1.165, 1.54) is 17.5 Å². The first kappa shape index (κ1) is 21.1. The Hall–Kier alpha value is -3.19. The summed E-state index contributed by atoms with van der Waals surface area (Å²) in [5, 5.41) is 4.12. The van der Waals surface area contributed by atoms with E-state index in [4.69, 9.17) is 4.74 Å². The van der Waals surface area contributed by atoms with E-state index in [2.05, 4.69) is 51.4 Å². The lowest BCUT2D eigenvalue weighted by Crippen LogP contribution is -2.51. The van der Waals surface area contributed by atoms with Gasteiger partial charge in [-0.25, -0.2) is 4.98 Å². The predicted octanol–water partition coefficient (Wildman–Crippen LogP) is 2.86. The van der Waals surface area contributed by atoms with Crippen molar-refractivity contribution in [2.75, 3.05) is 33.3 Å². The molecule has 1 aliphatic heterocycles. The maximum absolute atomic E-state index is 12.9. The molecule has 0 aliphatic carbocycles. The number of hydrogen-bond acceptors (Lipinski definition) is 5. The number of methoxy groups -OCH3 is 1. The van der Waals surface area contributed by atoms with E-state index in [0.29, 0.717) is 6.54 Å². The summed E-state index contributed by atoms with van der Waals surface area (Å²) in [6.07, 6.45) is 3.15. The van der Waals surface area contributed by atoms with Crippen LogP contribution in [0.5, 0.6) is 5.75 Å². The first-order chi connectivity index (χ1) is 15.2. The Kier molecular flexibility index (Phi) is 6.62. The van der Waals surface area contributed by atoms with E-state index in [1.807, 2.05) is 30.0 Å². The van der Waals surface area contributed by atoms with E-state index >= 15 is 0 Å². The van der Waals surface area contributed by atoms with Crippen LogP contribution < -0.4 is 4.74 Å². The van der Waals surface area contributed by atoms with Gasteiger partial charge in [0.2, 0.25) is 5.91 Å². The van der Waals surface area contributed by atoms with Gasteiger partial charge in [0.15, 0.2) is 0 Å². The quantitative estimate of drug-likeness (QED) is 0.589. The summed E-state index contributed by atoms with van der Waals surface area (Å²) in [6.45, 7) is 5.61. The Bertz CT molecular complexity index is 951. The molecular weight excluding hydrogens is 390 g/mol. The van der Waals surface area contributed by atoms with E-state index in [0.717, 1.165) is 31.9 Å². The van der Waals surface area contributed by atoms with Gasteiger partial charge in [-0.15, -0.1) is 0 Å². The molecule has 0 spiro atoms. The van der Waals surface area contributed by atoms with Crippen molar-refractivity contribution in [2.24, 2.45) is 5.92 Å². The van der Waals surface area contributed by atoms with Crippen molar-refractivity contribution in [3.05, 3.63) is 78.4 Å². The van der Waals surface area contributed by atoms with Crippen LogP contribution in [0.1, 0.15) is 24.1 Å². The number of piperazine rings is 1. The minimum Gasteiger partial charge on any atom is -0.497 e. The fourth-order valence-corrected chi connectivity index (χ4v) is 4.23. The van der Waals surface area contributed by atoms with Crippen molar-refractivity contribution in [1.29, 1.82) is 0 Å². The Morgan fingerprint density at radius 2 is 1.68 bits per heavy atom. The molecule has 1 aliphatic rings. The van der Waals surface area contributed by atoms with Gasteiger partial charge in [0.05, 0.1) is 25.6 Å². The van der Waals surface area contributed by atoms with Crippen LogP contribution in [-0.4, -0.2) is 63.8 Å². The zero-order chi connectivity index (χ0) is 21.6. The van der Waals surface area contributed by atoms with Gasteiger partial charge in [-0.2, -0.15) is 5.10 Å². The Balaban J connectivity index is 1.45. The van der Waals surface area contributed by atoms with Gasteiger partial charge in [-0.1, -0.05) is 49.4 Å². The number of aromatic nitrogens is 3. The van der Waals surface area contributed by atoms with Crippen LogP contribution in [0.4, 0.5) is 0 Å². The Labute approximate surface area is 183 Å². The fraction of sp³-hybridized carbons (Fsp3) is 0.375. The van der Waals surface area contributed by atoms with E-state index in [1.54, 1.807) is 18.1 Å². The van der Waals surface area contributed by atoms with Gasteiger partial charge in [0, 0.05) is 26.2 Å². The third-order valence-corrected chi connectivity index (χ3v) is 5.89. The molecule has 3 aromatic rings. The molecule has 0 bridgehead atoms. The molecule has 1 saturated heterocycles. The molecule has 0 N–H and O–H groups in total. The number of benzene rings is 2. The highest BCUT2D eigenvalue weighted by Crippen LogP contribution is 2.31. The number of nitrogens with zero attached hydrogens (tertiary/aromatic N) is 5. The second-order valence-electron chi connectivity index (χ2n) is 7.97. The highest BCUT2D eigenvalue weighted by molar-refractivity contribution is 5.78. The van der Waals surface area contributed by atoms with E-state index < -0.39 is 0 Å². The zero-order valence-electron chi connectivity index (χ0n) is 18.1. The second kappa shape index (κ2) is 9.75. The maximum atomic E-state index is 12.9. The van der Waals surface area contributed by atoms with Crippen molar-refractivity contribution in [2.45, 2.75) is 19.5 Å². The lowest BCUT2D eigenvalue weighted by Gasteiger charge is -2.40. The first-order valence-corrected chi connectivity index (χ1v) is 10.7. The number of carbonyl (C=O) groups is 1. The second-order valence-corrected chi connectivity index (χ2v) is 7.97. The summed E-state index contributed by atoms with van der Waals surface area (Å²) in [7, 11) is 1.68. The van der Waals surface area contributed by atoms with Crippen molar-refractivity contribution < 1.29 is 9.53 Å². The molecule has 1 fully saturated rings. The van der Waals surface area contributed by atoms with Crippen LogP contribution >= 0.6 is 0 Å². The highest BCUT2D eigenvalue weighted by Gasteiger charge is 2.30. The van der Waals surface area contributed by atoms with Crippen molar-refractivity contribution in [3.63, 3.8) is 0 Å². The average molecular weight is 420 g/mol. The van der Waals surface area contributed by atoms with Gasteiger partial charge < -0.3 is 9.64 Å². The molecule has 0 saturated carbocycles. The van der Waals surface area contributed by atoms with Crippen LogP contribution in [0.15, 0.2) is 67.3 Å². The van der Waals surface area contributed by atoms with Gasteiger partial charge in [-0.3, -0.25) is 14.4 Å². The molecule has 1 amide bonds. The van der Waals surface area contributed by atoms with Gasteiger partial charge in [0.25, 0.3) is 0 Å². The monoisotopic (exact) mass is 419 g/mol. The van der Waals surface area contributed by atoms with Crippen molar-refractivity contribution in [3.8, 4) is 5.75 Å². The molecule has 4 rings (SSSR count). The van der Waals surface area contributed by atoms with Crippen LogP contribution in [-0.2, 0) is 11.3 Å². The van der Waals surface area contributed by atoms with Crippen LogP contribution in [0.25, 0.3) is 0 Å². The van der Waals surface area contributed by atoms with Crippen LogP contribution in [0.3, 0.4) is 0 Å². The summed E-state index contributed by atoms with van der Waals surface area (Å²) < 4.78 is 7.05. The number of rotatable bonds is 7. The normalized spacial score (nSPS) is 16.6. The third kappa shape index (κ3) is 4.94. The molecule has 0 radical (unpaired) electrons. The summed E-state index contributed by atoms with van der Waals surface area (Å²) in [5.41, 5.74) is 2.48. The van der Waals surface area contributed by atoms with Crippen molar-refractivity contribution >= 4 is 5.91 Å². The zero-order valence-corrected chi connectivity index (χ0v) is 18.1. The number of amides is 1. The highest BCUT2D eigenvalue weighted by atomic mass is 16.5. The Morgan fingerprint density at radius 3 is 2.29 bits per heavy atom. The molecule has 31 heavy (non-hydrogen) atoms. The summed E-state index contributed by atoms with van der Waals surface area (Å²) in [6, 6.07) is 19.0. The SMILES string of the molecule is COc1ccc([C@@H](c2ccccc2)N2CCN(C(=O)[C@@H](C)Cn3cncn3)CC2)cc1. The molecule has 7 heteroatoms. The molecule has 0 unspecified atom stereocenters. The predicted molar refractivity (Wildman–Crippen MR) is 119 cm³/mol. The minimum absolute atomic E-state index is 0.125. The number of ether oxygens (including phenoxy) is 1. The molecule has 7 nitrogen and oxygen atoms in total. The van der Waals surface area contributed by atoms with E-state index in [9.17, 15) is 4.79 Å². The van der Waals surface area contributed by atoms with Gasteiger partial charge in [-0.05, 0) is 23.3 Å². The van der Waals surface area contributed by atoms with Crippen LogP contribution in [0, 0.1) is 5.92 Å². The first-order valence-electron chi connectivity index (χ1n) is 10.7. The summed E-state index contributed by atoms with van der Waals surface area (Å²) in [4.78, 5) is 21.3. The lowest BCUT2D eigenvalue weighted by atomic mass is 9.96. The standard InChI is InChI=1S/C24H29N5O2/c1-19(16-29-18-25-17-26-29)24(30)28-14-12-27(13-15-28)23(20-6-4-3-5-7-20)21-8-10-22(31-2)11-9-21/h3-11,17-19,23H,12-16H2,1-2H3/t19-,23+/m0/s1. The minimum atomic E-state index is -0.125. The van der Waals surface area contributed by atoms with Gasteiger partial charge in [0.1, 0.15) is 18.4 Å². The molecule has 2 aromatic carbocycles. The average Bonchev–Trinajstić information content (AvgIpc) is 3.33. The molecule has 2 atom stereocenters. The number of hydrogen-bond donors (Lipinski definition) is 0.